The Morgan fingerprint density at radius 1 is 1.36 bits per heavy atom. The number of rotatable bonds is 2. The molecule has 2 aliphatic heterocycles. The fourth-order valence-electron chi connectivity index (χ4n) is 2.97. The molecule has 2 aliphatic rings. The number of methoxy groups -OCH3 is 1. The summed E-state index contributed by atoms with van der Waals surface area (Å²) in [6.45, 7) is 3.85. The van der Waals surface area contributed by atoms with E-state index < -0.39 is 18.9 Å². The standard InChI is InChI=1S/C15H19BO6/c1-15(2)21-13-10(9-6-7-20-16(18)8-9)4-5-11(19-3)12(13)14(17)22-15/h4-5,9,18H,6-8H2,1-3H3. The minimum Gasteiger partial charge on any atom is -0.496 e. The first-order valence-electron chi connectivity index (χ1n) is 7.34. The molecule has 1 fully saturated rings. The number of esters is 1. The van der Waals surface area contributed by atoms with Gasteiger partial charge in [0.2, 0.25) is 5.79 Å². The van der Waals surface area contributed by atoms with Gasteiger partial charge in [-0.05, 0) is 30.3 Å². The molecule has 118 valence electrons. The Kier molecular flexibility index (Phi) is 3.78. The van der Waals surface area contributed by atoms with E-state index in [4.69, 9.17) is 18.9 Å². The van der Waals surface area contributed by atoms with Gasteiger partial charge in [0.1, 0.15) is 17.1 Å². The van der Waals surface area contributed by atoms with Gasteiger partial charge in [-0.15, -0.1) is 0 Å². The number of hydrogen-bond acceptors (Lipinski definition) is 6. The topological polar surface area (TPSA) is 74.2 Å². The Hall–Kier alpha value is -1.73. The average molecular weight is 306 g/mol. The fraction of sp³-hybridized carbons (Fsp3) is 0.533. The van der Waals surface area contributed by atoms with Crippen molar-refractivity contribution in [1.82, 2.24) is 0 Å². The lowest BCUT2D eigenvalue weighted by molar-refractivity contribution is -0.128. The van der Waals surface area contributed by atoms with Crippen molar-refractivity contribution in [3.05, 3.63) is 23.3 Å². The maximum absolute atomic E-state index is 12.3. The van der Waals surface area contributed by atoms with Crippen LogP contribution in [0.2, 0.25) is 6.32 Å². The van der Waals surface area contributed by atoms with E-state index in [0.717, 1.165) is 12.0 Å². The second-order valence-electron chi connectivity index (χ2n) is 6.00. The summed E-state index contributed by atoms with van der Waals surface area (Å²) in [4.78, 5) is 12.3. The molecule has 0 aliphatic carbocycles. The minimum absolute atomic E-state index is 0.0603. The Morgan fingerprint density at radius 2 is 2.14 bits per heavy atom. The van der Waals surface area contributed by atoms with Crippen molar-refractivity contribution in [1.29, 1.82) is 0 Å². The molecule has 3 rings (SSSR count). The van der Waals surface area contributed by atoms with Gasteiger partial charge in [0, 0.05) is 20.5 Å². The highest BCUT2D eigenvalue weighted by molar-refractivity contribution is 6.43. The molecule has 0 aromatic heterocycles. The van der Waals surface area contributed by atoms with Crippen molar-refractivity contribution in [3.8, 4) is 11.5 Å². The monoisotopic (exact) mass is 306 g/mol. The van der Waals surface area contributed by atoms with E-state index in [1.165, 1.54) is 7.11 Å². The maximum Gasteiger partial charge on any atom is 0.454 e. The van der Waals surface area contributed by atoms with Gasteiger partial charge in [0.05, 0.1) is 7.11 Å². The number of hydrogen-bond donors (Lipinski definition) is 1. The first-order valence-corrected chi connectivity index (χ1v) is 7.34. The number of fused-ring (bicyclic) bond motifs is 1. The van der Waals surface area contributed by atoms with Crippen LogP contribution in [0.4, 0.5) is 0 Å². The zero-order valence-corrected chi connectivity index (χ0v) is 12.9. The third kappa shape index (κ3) is 2.66. The molecular weight excluding hydrogens is 287 g/mol. The van der Waals surface area contributed by atoms with E-state index >= 15 is 0 Å². The number of ether oxygens (including phenoxy) is 3. The molecule has 0 radical (unpaired) electrons. The number of carbonyl (C=O) groups excluding carboxylic acids is 1. The Bertz CT molecular complexity index is 600. The van der Waals surface area contributed by atoms with Crippen molar-refractivity contribution < 1.29 is 28.7 Å². The molecule has 1 aromatic rings. The summed E-state index contributed by atoms with van der Waals surface area (Å²) in [6, 6.07) is 3.62. The predicted molar refractivity (Wildman–Crippen MR) is 79.2 cm³/mol. The van der Waals surface area contributed by atoms with Gasteiger partial charge >= 0.3 is 13.1 Å². The molecule has 0 spiro atoms. The minimum atomic E-state index is -1.03. The van der Waals surface area contributed by atoms with Crippen LogP contribution < -0.4 is 9.47 Å². The molecule has 1 unspecified atom stereocenters. The fourth-order valence-corrected chi connectivity index (χ4v) is 2.97. The van der Waals surface area contributed by atoms with Gasteiger partial charge in [0.25, 0.3) is 0 Å². The van der Waals surface area contributed by atoms with Crippen LogP contribution in [0.15, 0.2) is 12.1 Å². The molecule has 0 amide bonds. The quantitative estimate of drug-likeness (QED) is 0.665. The van der Waals surface area contributed by atoms with Crippen LogP contribution in [0.3, 0.4) is 0 Å². The van der Waals surface area contributed by atoms with Crippen molar-refractivity contribution in [2.75, 3.05) is 13.7 Å². The largest absolute Gasteiger partial charge is 0.496 e. The molecule has 1 aromatic carbocycles. The van der Waals surface area contributed by atoms with E-state index in [-0.39, 0.29) is 5.92 Å². The Labute approximate surface area is 129 Å². The number of cyclic esters (lactones) is 1. The molecule has 0 bridgehead atoms. The van der Waals surface area contributed by atoms with Crippen molar-refractivity contribution in [2.45, 2.75) is 38.3 Å². The molecule has 6 nitrogen and oxygen atoms in total. The third-order valence-electron chi connectivity index (χ3n) is 3.96. The van der Waals surface area contributed by atoms with Crippen molar-refractivity contribution in [2.24, 2.45) is 0 Å². The van der Waals surface area contributed by atoms with Crippen molar-refractivity contribution in [3.63, 3.8) is 0 Å². The Balaban J connectivity index is 2.08. The normalized spacial score (nSPS) is 23.4. The predicted octanol–water partition coefficient (Wildman–Crippen LogP) is 1.96. The molecule has 1 atom stereocenters. The van der Waals surface area contributed by atoms with E-state index in [9.17, 15) is 9.82 Å². The lowest BCUT2D eigenvalue weighted by Crippen LogP contribution is -2.40. The molecule has 1 N–H and O–H groups in total. The Morgan fingerprint density at radius 3 is 2.82 bits per heavy atom. The lowest BCUT2D eigenvalue weighted by atomic mass is 9.71. The highest BCUT2D eigenvalue weighted by atomic mass is 16.7. The zero-order chi connectivity index (χ0) is 15.9. The summed E-state index contributed by atoms with van der Waals surface area (Å²) in [6.07, 6.45) is 1.23. The summed E-state index contributed by atoms with van der Waals surface area (Å²) in [7, 11) is 0.709. The van der Waals surface area contributed by atoms with Gasteiger partial charge in [0.15, 0.2) is 0 Å². The van der Waals surface area contributed by atoms with E-state index in [1.807, 2.05) is 6.07 Å². The van der Waals surface area contributed by atoms with Crippen LogP contribution in [0.1, 0.15) is 42.1 Å². The van der Waals surface area contributed by atoms with Crippen LogP contribution in [-0.2, 0) is 9.39 Å². The summed E-state index contributed by atoms with van der Waals surface area (Å²) >= 11 is 0. The summed E-state index contributed by atoms with van der Waals surface area (Å²) in [5, 5.41) is 9.72. The molecular formula is C15H19BO6. The molecule has 0 saturated carbocycles. The number of carbonyl (C=O) groups is 1. The average Bonchev–Trinajstić information content (AvgIpc) is 2.44. The second-order valence-corrected chi connectivity index (χ2v) is 6.00. The van der Waals surface area contributed by atoms with Crippen LogP contribution in [0, 0.1) is 0 Å². The van der Waals surface area contributed by atoms with E-state index in [0.29, 0.717) is 30.0 Å². The first-order chi connectivity index (χ1) is 10.4. The number of benzene rings is 1. The third-order valence-corrected chi connectivity index (χ3v) is 3.96. The molecule has 22 heavy (non-hydrogen) atoms. The van der Waals surface area contributed by atoms with Crippen LogP contribution >= 0.6 is 0 Å². The molecule has 2 heterocycles. The van der Waals surface area contributed by atoms with Crippen molar-refractivity contribution >= 4 is 13.1 Å². The molecule has 1 saturated heterocycles. The van der Waals surface area contributed by atoms with Crippen LogP contribution in [0.25, 0.3) is 0 Å². The van der Waals surface area contributed by atoms with Gasteiger partial charge in [-0.2, -0.15) is 0 Å². The van der Waals surface area contributed by atoms with Gasteiger partial charge in [-0.1, -0.05) is 6.07 Å². The summed E-state index contributed by atoms with van der Waals surface area (Å²) < 4.78 is 21.6. The summed E-state index contributed by atoms with van der Waals surface area (Å²) in [5.74, 6) is -0.524. The van der Waals surface area contributed by atoms with E-state index in [2.05, 4.69) is 0 Å². The maximum atomic E-state index is 12.3. The zero-order valence-electron chi connectivity index (χ0n) is 12.9. The smallest absolute Gasteiger partial charge is 0.454 e. The second kappa shape index (κ2) is 5.48. The van der Waals surface area contributed by atoms with Gasteiger partial charge in [-0.3, -0.25) is 0 Å². The SMILES string of the molecule is COc1ccc(C2CCOB(O)C2)c2c1C(=O)OC(C)(C)O2. The summed E-state index contributed by atoms with van der Waals surface area (Å²) in [5.41, 5.74) is 1.18. The van der Waals surface area contributed by atoms with Crippen LogP contribution in [0.5, 0.6) is 11.5 Å². The van der Waals surface area contributed by atoms with Crippen LogP contribution in [-0.4, -0.2) is 37.6 Å². The van der Waals surface area contributed by atoms with Gasteiger partial charge in [-0.25, -0.2) is 4.79 Å². The highest BCUT2D eigenvalue weighted by Crippen LogP contribution is 2.44. The van der Waals surface area contributed by atoms with Gasteiger partial charge < -0.3 is 23.9 Å². The lowest BCUT2D eigenvalue weighted by Gasteiger charge is -2.35. The van der Waals surface area contributed by atoms with E-state index in [1.54, 1.807) is 19.9 Å². The first kappa shape index (κ1) is 15.2. The highest BCUT2D eigenvalue weighted by Gasteiger charge is 2.40. The molecule has 7 heteroatoms.